The van der Waals surface area contributed by atoms with Crippen LogP contribution in [0, 0.1) is 11.6 Å². The molecule has 1 aliphatic rings. The highest BCUT2D eigenvalue weighted by Gasteiger charge is 2.28. The molecular weight excluding hydrogens is 266 g/mol. The summed E-state index contributed by atoms with van der Waals surface area (Å²) in [5, 5.41) is 2.04. The molecule has 100 valence electrons. The molecule has 5 heteroatoms. The van der Waals surface area contributed by atoms with E-state index in [0.29, 0.717) is 6.54 Å². The quantitative estimate of drug-likeness (QED) is 0.806. The van der Waals surface area contributed by atoms with Crippen LogP contribution in [0.25, 0.3) is 0 Å². The summed E-state index contributed by atoms with van der Waals surface area (Å²) >= 11 is 1.71. The van der Waals surface area contributed by atoms with Gasteiger partial charge in [-0.1, -0.05) is 0 Å². The van der Waals surface area contributed by atoms with Crippen LogP contribution in [0.3, 0.4) is 0 Å². The van der Waals surface area contributed by atoms with E-state index in [-0.39, 0.29) is 17.4 Å². The third-order valence-corrected chi connectivity index (χ3v) is 4.66. The Hall–Kier alpha value is -1.62. The molecule has 0 bridgehead atoms. The lowest BCUT2D eigenvalue weighted by atomic mass is 10.00. The van der Waals surface area contributed by atoms with Gasteiger partial charge in [0.1, 0.15) is 0 Å². The second kappa shape index (κ2) is 4.49. The van der Waals surface area contributed by atoms with Crippen LogP contribution in [0.2, 0.25) is 0 Å². The van der Waals surface area contributed by atoms with Crippen LogP contribution >= 0.6 is 11.3 Å². The zero-order valence-corrected chi connectivity index (χ0v) is 11.3. The first-order valence-corrected chi connectivity index (χ1v) is 7.04. The number of rotatable bonds is 1. The van der Waals surface area contributed by atoms with E-state index in [1.807, 2.05) is 23.3 Å². The van der Waals surface area contributed by atoms with Crippen LogP contribution in [0.5, 0.6) is 0 Å². The SMILES string of the molecule is CC1c2ccsc2CCN1c1c(N)ccc(F)c1F. The molecule has 19 heavy (non-hydrogen) atoms. The predicted molar refractivity (Wildman–Crippen MR) is 74.6 cm³/mol. The van der Waals surface area contributed by atoms with Crippen molar-refractivity contribution in [3.63, 3.8) is 0 Å². The number of nitrogens with two attached hydrogens (primary N) is 1. The molecule has 3 rings (SSSR count). The molecule has 2 nitrogen and oxygen atoms in total. The van der Waals surface area contributed by atoms with Crippen LogP contribution in [0.4, 0.5) is 20.2 Å². The van der Waals surface area contributed by atoms with E-state index in [1.165, 1.54) is 16.5 Å². The van der Waals surface area contributed by atoms with Gasteiger partial charge in [0, 0.05) is 11.4 Å². The molecule has 2 N–H and O–H groups in total. The number of nitrogen functional groups attached to an aromatic ring is 1. The first-order valence-electron chi connectivity index (χ1n) is 6.16. The van der Waals surface area contributed by atoms with Crippen molar-refractivity contribution in [2.24, 2.45) is 0 Å². The molecule has 1 aromatic carbocycles. The van der Waals surface area contributed by atoms with E-state index in [9.17, 15) is 8.78 Å². The van der Waals surface area contributed by atoms with Crippen molar-refractivity contribution in [1.82, 2.24) is 0 Å². The third kappa shape index (κ3) is 1.89. The van der Waals surface area contributed by atoms with Gasteiger partial charge in [-0.05, 0) is 42.5 Å². The van der Waals surface area contributed by atoms with Gasteiger partial charge in [-0.3, -0.25) is 0 Å². The maximum absolute atomic E-state index is 14.0. The lowest BCUT2D eigenvalue weighted by molar-refractivity contribution is 0.500. The Morgan fingerprint density at radius 2 is 2.11 bits per heavy atom. The van der Waals surface area contributed by atoms with E-state index < -0.39 is 11.6 Å². The molecule has 0 amide bonds. The topological polar surface area (TPSA) is 29.3 Å². The molecule has 0 aliphatic carbocycles. The average Bonchev–Trinajstić information content (AvgIpc) is 2.86. The van der Waals surface area contributed by atoms with Gasteiger partial charge >= 0.3 is 0 Å². The monoisotopic (exact) mass is 280 g/mol. The molecule has 1 unspecified atom stereocenters. The zero-order chi connectivity index (χ0) is 13.6. The second-order valence-corrected chi connectivity index (χ2v) is 5.72. The van der Waals surface area contributed by atoms with Gasteiger partial charge in [-0.15, -0.1) is 11.3 Å². The minimum atomic E-state index is -0.856. The van der Waals surface area contributed by atoms with E-state index in [0.717, 1.165) is 12.5 Å². The number of hydrogen-bond acceptors (Lipinski definition) is 3. The maximum atomic E-state index is 14.0. The van der Waals surface area contributed by atoms with Crippen molar-refractivity contribution < 1.29 is 8.78 Å². The molecule has 0 saturated carbocycles. The Morgan fingerprint density at radius 1 is 1.32 bits per heavy atom. The highest BCUT2D eigenvalue weighted by molar-refractivity contribution is 7.10. The lowest BCUT2D eigenvalue weighted by Crippen LogP contribution is -2.34. The van der Waals surface area contributed by atoms with Crippen molar-refractivity contribution in [2.45, 2.75) is 19.4 Å². The summed E-state index contributed by atoms with van der Waals surface area (Å²) in [5.74, 6) is -1.71. The maximum Gasteiger partial charge on any atom is 0.184 e. The van der Waals surface area contributed by atoms with E-state index in [2.05, 4.69) is 0 Å². The van der Waals surface area contributed by atoms with Gasteiger partial charge in [0.25, 0.3) is 0 Å². The molecule has 2 heterocycles. The Labute approximate surface area is 114 Å². The second-order valence-electron chi connectivity index (χ2n) is 4.72. The summed E-state index contributed by atoms with van der Waals surface area (Å²) in [6, 6.07) is 4.54. The van der Waals surface area contributed by atoms with Gasteiger partial charge in [0.15, 0.2) is 11.6 Å². The van der Waals surface area contributed by atoms with Gasteiger partial charge in [-0.2, -0.15) is 0 Å². The molecule has 2 aromatic rings. The third-order valence-electron chi connectivity index (χ3n) is 3.66. The van der Waals surface area contributed by atoms with Crippen LogP contribution < -0.4 is 10.6 Å². The molecule has 0 fully saturated rings. The minimum Gasteiger partial charge on any atom is -0.397 e. The normalized spacial score (nSPS) is 18.5. The lowest BCUT2D eigenvalue weighted by Gasteiger charge is -2.36. The number of thiophene rings is 1. The number of anilines is 2. The molecule has 1 aromatic heterocycles. The number of benzene rings is 1. The molecule has 1 atom stereocenters. The van der Waals surface area contributed by atoms with Crippen LogP contribution in [-0.2, 0) is 6.42 Å². The number of halogens is 2. The van der Waals surface area contributed by atoms with Crippen LogP contribution in [-0.4, -0.2) is 6.54 Å². The summed E-state index contributed by atoms with van der Waals surface area (Å²) in [4.78, 5) is 3.17. The number of hydrogen-bond donors (Lipinski definition) is 1. The smallest absolute Gasteiger partial charge is 0.184 e. The molecular formula is C14H14F2N2S. The zero-order valence-electron chi connectivity index (χ0n) is 10.5. The Bertz CT molecular complexity index is 624. The predicted octanol–water partition coefficient (Wildman–Crippen LogP) is 3.73. The van der Waals surface area contributed by atoms with Gasteiger partial charge in [-0.25, -0.2) is 8.78 Å². The van der Waals surface area contributed by atoms with Crippen molar-refractivity contribution >= 4 is 22.7 Å². The van der Waals surface area contributed by atoms with Crippen molar-refractivity contribution in [3.8, 4) is 0 Å². The first kappa shape index (κ1) is 12.4. The summed E-state index contributed by atoms with van der Waals surface area (Å²) in [6.07, 6.45) is 0.840. The van der Waals surface area contributed by atoms with E-state index in [4.69, 9.17) is 5.73 Å². The first-order chi connectivity index (χ1) is 9.09. The van der Waals surface area contributed by atoms with Gasteiger partial charge in [0.05, 0.1) is 17.4 Å². The number of nitrogens with zero attached hydrogens (tertiary/aromatic N) is 1. The minimum absolute atomic E-state index is 0.00796. The fourth-order valence-corrected chi connectivity index (χ4v) is 3.62. The van der Waals surface area contributed by atoms with Crippen LogP contribution in [0.1, 0.15) is 23.4 Å². The van der Waals surface area contributed by atoms with E-state index >= 15 is 0 Å². The van der Waals surface area contributed by atoms with Crippen molar-refractivity contribution in [2.75, 3.05) is 17.2 Å². The summed E-state index contributed by atoms with van der Waals surface area (Å²) in [7, 11) is 0. The van der Waals surface area contributed by atoms with Crippen molar-refractivity contribution in [1.29, 1.82) is 0 Å². The van der Waals surface area contributed by atoms with E-state index in [1.54, 1.807) is 11.3 Å². The highest BCUT2D eigenvalue weighted by atomic mass is 32.1. The summed E-state index contributed by atoms with van der Waals surface area (Å²) in [5.41, 5.74) is 7.48. The van der Waals surface area contributed by atoms with Crippen molar-refractivity contribution in [3.05, 3.63) is 45.7 Å². The largest absolute Gasteiger partial charge is 0.397 e. The fraction of sp³-hybridized carbons (Fsp3) is 0.286. The van der Waals surface area contributed by atoms with Gasteiger partial charge < -0.3 is 10.6 Å². The summed E-state index contributed by atoms with van der Waals surface area (Å²) < 4.78 is 27.5. The Balaban J connectivity index is 2.07. The Morgan fingerprint density at radius 3 is 2.89 bits per heavy atom. The fourth-order valence-electron chi connectivity index (χ4n) is 2.66. The number of fused-ring (bicyclic) bond motifs is 1. The molecule has 0 spiro atoms. The summed E-state index contributed by atoms with van der Waals surface area (Å²) in [6.45, 7) is 2.65. The highest BCUT2D eigenvalue weighted by Crippen LogP contribution is 2.39. The average molecular weight is 280 g/mol. The van der Waals surface area contributed by atoms with Gasteiger partial charge in [0.2, 0.25) is 0 Å². The molecule has 0 radical (unpaired) electrons. The van der Waals surface area contributed by atoms with Crippen LogP contribution in [0.15, 0.2) is 23.6 Å². The Kier molecular flexibility index (Phi) is 2.93. The standard InChI is InChI=1S/C14H14F2N2S/c1-8-9-5-7-19-12(9)4-6-18(8)14-11(17)3-2-10(15)13(14)16/h2-3,5,7-8H,4,6,17H2,1H3. The molecule has 0 saturated heterocycles. The molecule has 1 aliphatic heterocycles.